The highest BCUT2D eigenvalue weighted by atomic mass is 32.2. The lowest BCUT2D eigenvalue weighted by Crippen LogP contribution is -2.41. The Morgan fingerprint density at radius 3 is 2.48 bits per heavy atom. The summed E-state index contributed by atoms with van der Waals surface area (Å²) in [4.78, 5) is 26.7. The first-order valence-electron chi connectivity index (χ1n) is 7.67. The van der Waals surface area contributed by atoms with Gasteiger partial charge in [-0.25, -0.2) is 0 Å². The molecule has 6 heteroatoms. The van der Waals surface area contributed by atoms with Crippen molar-refractivity contribution in [3.63, 3.8) is 0 Å². The molecular weight excluding hydrogens is 314 g/mol. The maximum absolute atomic E-state index is 12.4. The van der Waals surface area contributed by atoms with Crippen LogP contribution in [-0.4, -0.2) is 47.8 Å². The lowest BCUT2D eigenvalue weighted by atomic mass is 9.76. The van der Waals surface area contributed by atoms with E-state index in [1.165, 1.54) is 11.8 Å². The molecule has 0 radical (unpaired) electrons. The summed E-state index contributed by atoms with van der Waals surface area (Å²) in [5.41, 5.74) is -0.805. The molecule has 1 aliphatic rings. The number of hydrogen-bond donors (Lipinski definition) is 1. The Morgan fingerprint density at radius 1 is 1.35 bits per heavy atom. The number of carboxylic acids is 1. The van der Waals surface area contributed by atoms with E-state index in [-0.39, 0.29) is 11.8 Å². The number of carbonyl (C=O) groups is 2. The van der Waals surface area contributed by atoms with Crippen LogP contribution in [0.3, 0.4) is 0 Å². The quantitative estimate of drug-likeness (QED) is 0.809. The monoisotopic (exact) mass is 337 g/mol. The molecule has 1 fully saturated rings. The van der Waals surface area contributed by atoms with Crippen LogP contribution >= 0.6 is 11.8 Å². The number of methoxy groups -OCH3 is 1. The van der Waals surface area contributed by atoms with Crippen molar-refractivity contribution in [3.05, 3.63) is 24.3 Å². The fourth-order valence-corrected chi connectivity index (χ4v) is 3.65. The summed E-state index contributed by atoms with van der Waals surface area (Å²) >= 11 is 1.46. The molecule has 1 aromatic rings. The first-order valence-corrected chi connectivity index (χ1v) is 8.65. The van der Waals surface area contributed by atoms with Gasteiger partial charge in [-0.15, -0.1) is 11.8 Å². The van der Waals surface area contributed by atoms with Crippen LogP contribution in [0.5, 0.6) is 5.75 Å². The lowest BCUT2D eigenvalue weighted by Gasteiger charge is -2.28. The summed E-state index contributed by atoms with van der Waals surface area (Å²) in [6.45, 7) is 4.65. The normalized spacial score (nSPS) is 20.8. The van der Waals surface area contributed by atoms with Gasteiger partial charge < -0.3 is 14.7 Å². The molecule has 0 saturated carbocycles. The molecule has 1 saturated heterocycles. The summed E-state index contributed by atoms with van der Waals surface area (Å²) in [6, 6.07) is 7.54. The van der Waals surface area contributed by atoms with Crippen LogP contribution in [0.1, 0.15) is 20.3 Å². The fourth-order valence-electron chi connectivity index (χ4n) is 2.85. The maximum atomic E-state index is 12.4. The predicted molar refractivity (Wildman–Crippen MR) is 89.8 cm³/mol. The largest absolute Gasteiger partial charge is 0.497 e. The number of nitrogens with zero attached hydrogens (tertiary/aromatic N) is 1. The fraction of sp³-hybridized carbons (Fsp3) is 0.529. The zero-order chi connectivity index (χ0) is 17.0. The molecule has 0 aliphatic carbocycles. The SMILES string of the molecule is COc1ccc(SCC(=O)N2CCC(C(=O)O)(C(C)C)C2)cc1. The van der Waals surface area contributed by atoms with Gasteiger partial charge in [-0.3, -0.25) is 9.59 Å². The van der Waals surface area contributed by atoms with E-state index in [2.05, 4.69) is 0 Å². The molecule has 1 aliphatic heterocycles. The van der Waals surface area contributed by atoms with Gasteiger partial charge >= 0.3 is 5.97 Å². The van der Waals surface area contributed by atoms with Crippen LogP contribution in [0.15, 0.2) is 29.2 Å². The van der Waals surface area contributed by atoms with Crippen molar-refractivity contribution in [2.45, 2.75) is 25.2 Å². The number of likely N-dealkylation sites (tertiary alicyclic amines) is 1. The second-order valence-electron chi connectivity index (χ2n) is 6.15. The summed E-state index contributed by atoms with van der Waals surface area (Å²) in [5.74, 6) is 0.302. The Balaban J connectivity index is 1.92. The third kappa shape index (κ3) is 3.80. The number of benzene rings is 1. The Labute approximate surface area is 141 Å². The van der Waals surface area contributed by atoms with Crippen LogP contribution in [0, 0.1) is 11.3 Å². The molecule has 1 atom stereocenters. The predicted octanol–water partition coefficient (Wildman–Crippen LogP) is 2.75. The van der Waals surface area contributed by atoms with Crippen LogP contribution in [0.4, 0.5) is 0 Å². The van der Waals surface area contributed by atoms with Crippen molar-refractivity contribution in [2.75, 3.05) is 26.0 Å². The van der Waals surface area contributed by atoms with Gasteiger partial charge in [-0.05, 0) is 36.6 Å². The standard InChI is InChI=1S/C17H23NO4S/c1-12(2)17(16(20)21)8-9-18(11-17)15(19)10-23-14-6-4-13(22-3)5-7-14/h4-7,12H,8-11H2,1-3H3,(H,20,21). The van der Waals surface area contributed by atoms with Gasteiger partial charge in [0.1, 0.15) is 5.75 Å². The molecule has 1 unspecified atom stereocenters. The molecule has 5 nitrogen and oxygen atoms in total. The Morgan fingerprint density at radius 2 is 2.00 bits per heavy atom. The third-order valence-corrected chi connectivity index (χ3v) is 5.60. The van der Waals surface area contributed by atoms with Crippen LogP contribution < -0.4 is 4.74 Å². The highest BCUT2D eigenvalue weighted by Gasteiger charge is 2.48. The van der Waals surface area contributed by atoms with Gasteiger partial charge in [-0.2, -0.15) is 0 Å². The molecule has 126 valence electrons. The summed E-state index contributed by atoms with van der Waals surface area (Å²) < 4.78 is 5.10. The van der Waals surface area contributed by atoms with E-state index in [4.69, 9.17) is 4.74 Å². The Kier molecular flexibility index (Phi) is 5.57. The molecule has 2 rings (SSSR count). The van der Waals surface area contributed by atoms with E-state index >= 15 is 0 Å². The molecule has 0 bridgehead atoms. The number of carboxylic acid groups (broad SMARTS) is 1. The number of rotatable bonds is 6. The minimum absolute atomic E-state index is 0.00501. The molecule has 1 amide bonds. The first-order chi connectivity index (χ1) is 10.9. The zero-order valence-electron chi connectivity index (χ0n) is 13.7. The van der Waals surface area contributed by atoms with Gasteiger partial charge in [0.05, 0.1) is 18.3 Å². The van der Waals surface area contributed by atoms with Gasteiger partial charge in [-0.1, -0.05) is 13.8 Å². The van der Waals surface area contributed by atoms with Gasteiger partial charge in [0, 0.05) is 18.0 Å². The van der Waals surface area contributed by atoms with Crippen LogP contribution in [-0.2, 0) is 9.59 Å². The second kappa shape index (κ2) is 7.25. The van der Waals surface area contributed by atoms with E-state index in [9.17, 15) is 14.7 Å². The highest BCUT2D eigenvalue weighted by molar-refractivity contribution is 8.00. The molecule has 1 aromatic carbocycles. The van der Waals surface area contributed by atoms with Crippen molar-refractivity contribution in [1.82, 2.24) is 4.90 Å². The van der Waals surface area contributed by atoms with Crippen LogP contribution in [0.2, 0.25) is 0 Å². The van der Waals surface area contributed by atoms with Crippen molar-refractivity contribution in [2.24, 2.45) is 11.3 Å². The summed E-state index contributed by atoms with van der Waals surface area (Å²) in [7, 11) is 1.61. The molecule has 1 heterocycles. The second-order valence-corrected chi connectivity index (χ2v) is 7.19. The van der Waals surface area contributed by atoms with Crippen molar-refractivity contribution < 1.29 is 19.4 Å². The number of ether oxygens (including phenoxy) is 1. The molecule has 23 heavy (non-hydrogen) atoms. The van der Waals surface area contributed by atoms with Crippen LogP contribution in [0.25, 0.3) is 0 Å². The average Bonchev–Trinajstić information content (AvgIpc) is 3.00. The average molecular weight is 337 g/mol. The molecule has 1 N–H and O–H groups in total. The highest BCUT2D eigenvalue weighted by Crippen LogP contribution is 2.38. The summed E-state index contributed by atoms with van der Waals surface area (Å²) in [6.07, 6.45) is 0.527. The first kappa shape index (κ1) is 17.7. The van der Waals surface area contributed by atoms with Gasteiger partial charge in [0.25, 0.3) is 0 Å². The lowest BCUT2D eigenvalue weighted by molar-refractivity contribution is -0.151. The molecule has 0 aromatic heterocycles. The molecule has 0 spiro atoms. The number of amides is 1. The minimum atomic E-state index is -0.805. The topological polar surface area (TPSA) is 66.8 Å². The van der Waals surface area contributed by atoms with Crippen molar-refractivity contribution in [3.8, 4) is 5.75 Å². The van der Waals surface area contributed by atoms with Gasteiger partial charge in [0.15, 0.2) is 0 Å². The van der Waals surface area contributed by atoms with Crippen molar-refractivity contribution >= 4 is 23.6 Å². The van der Waals surface area contributed by atoms with E-state index in [1.807, 2.05) is 38.1 Å². The third-order valence-electron chi connectivity index (χ3n) is 4.61. The van der Waals surface area contributed by atoms with E-state index in [0.29, 0.717) is 25.3 Å². The zero-order valence-corrected chi connectivity index (χ0v) is 14.6. The van der Waals surface area contributed by atoms with Gasteiger partial charge in [0.2, 0.25) is 5.91 Å². The minimum Gasteiger partial charge on any atom is -0.497 e. The molecular formula is C17H23NO4S. The van der Waals surface area contributed by atoms with Crippen molar-refractivity contribution in [1.29, 1.82) is 0 Å². The Bertz CT molecular complexity index is 572. The maximum Gasteiger partial charge on any atom is 0.311 e. The summed E-state index contributed by atoms with van der Waals surface area (Å²) in [5, 5.41) is 9.54. The van der Waals surface area contributed by atoms with E-state index in [1.54, 1.807) is 12.0 Å². The number of hydrogen-bond acceptors (Lipinski definition) is 4. The van der Waals surface area contributed by atoms with E-state index in [0.717, 1.165) is 10.6 Å². The van der Waals surface area contributed by atoms with E-state index < -0.39 is 11.4 Å². The smallest absolute Gasteiger partial charge is 0.311 e. The number of thioether (sulfide) groups is 1. The number of aliphatic carboxylic acids is 1. The Hall–Kier alpha value is -1.69. The number of carbonyl (C=O) groups excluding carboxylic acids is 1.